The van der Waals surface area contributed by atoms with Crippen molar-refractivity contribution >= 4 is 16.7 Å². The van der Waals surface area contributed by atoms with Crippen molar-refractivity contribution in [2.75, 3.05) is 39.6 Å². The van der Waals surface area contributed by atoms with Gasteiger partial charge in [-0.2, -0.15) is 0 Å². The number of methoxy groups -OCH3 is 2. The highest BCUT2D eigenvalue weighted by Crippen LogP contribution is 2.32. The highest BCUT2D eigenvalue weighted by atomic mass is 32.2. The summed E-state index contributed by atoms with van der Waals surface area (Å²) in [6, 6.07) is 6.06. The molecule has 1 aliphatic heterocycles. The SMILES string of the molecule is CC[C@H]1CCCCN1CCCNC(=O)C[S@@](=O)Cc1nc(-c2ccc(OC)c(OC)c2)oc1C. The number of hydrogen-bond acceptors (Lipinski definition) is 7. The number of amides is 1. The van der Waals surface area contributed by atoms with Gasteiger partial charge in [-0.3, -0.25) is 9.00 Å². The van der Waals surface area contributed by atoms with Gasteiger partial charge in [0.25, 0.3) is 0 Å². The molecule has 2 atom stereocenters. The minimum Gasteiger partial charge on any atom is -0.493 e. The molecule has 0 radical (unpaired) electrons. The van der Waals surface area contributed by atoms with Crippen LogP contribution in [0.2, 0.25) is 0 Å². The van der Waals surface area contributed by atoms with Crippen molar-refractivity contribution in [3.8, 4) is 23.0 Å². The molecule has 2 heterocycles. The summed E-state index contributed by atoms with van der Waals surface area (Å²) in [5.41, 5.74) is 1.32. The van der Waals surface area contributed by atoms with Gasteiger partial charge in [-0.05, 0) is 57.4 Å². The van der Waals surface area contributed by atoms with Crippen molar-refractivity contribution in [3.63, 3.8) is 0 Å². The maximum Gasteiger partial charge on any atom is 0.232 e. The van der Waals surface area contributed by atoms with E-state index in [2.05, 4.69) is 22.1 Å². The summed E-state index contributed by atoms with van der Waals surface area (Å²) in [5.74, 6) is 2.13. The van der Waals surface area contributed by atoms with Crippen LogP contribution in [0.4, 0.5) is 0 Å². The summed E-state index contributed by atoms with van der Waals surface area (Å²) in [6.45, 7) is 6.79. The zero-order valence-corrected chi connectivity index (χ0v) is 21.5. The van der Waals surface area contributed by atoms with Crippen LogP contribution in [-0.2, 0) is 21.3 Å². The van der Waals surface area contributed by atoms with Crippen molar-refractivity contribution in [2.24, 2.45) is 0 Å². The molecule has 0 saturated carbocycles. The molecule has 34 heavy (non-hydrogen) atoms. The van der Waals surface area contributed by atoms with Gasteiger partial charge in [0, 0.05) is 35.5 Å². The summed E-state index contributed by atoms with van der Waals surface area (Å²) in [7, 11) is 1.77. The number of oxazole rings is 1. The van der Waals surface area contributed by atoms with Gasteiger partial charge in [0.1, 0.15) is 11.5 Å². The molecule has 8 nitrogen and oxygen atoms in total. The minimum atomic E-state index is -1.37. The van der Waals surface area contributed by atoms with Crippen LogP contribution >= 0.6 is 0 Å². The van der Waals surface area contributed by atoms with Gasteiger partial charge in [0.05, 0.1) is 25.7 Å². The Kier molecular flexibility index (Phi) is 9.95. The monoisotopic (exact) mass is 491 g/mol. The molecular formula is C25H37N3O5S. The molecule has 188 valence electrons. The third-order valence-corrected chi connectivity index (χ3v) is 7.46. The Labute approximate surface area is 204 Å². The molecule has 1 aromatic heterocycles. The second kappa shape index (κ2) is 12.9. The fourth-order valence-electron chi connectivity index (χ4n) is 4.38. The number of benzene rings is 1. The van der Waals surface area contributed by atoms with E-state index in [4.69, 9.17) is 13.9 Å². The van der Waals surface area contributed by atoms with E-state index in [0.717, 1.165) is 25.1 Å². The Balaban J connectivity index is 1.46. The number of hydrogen-bond donors (Lipinski definition) is 1. The van der Waals surface area contributed by atoms with Crippen molar-refractivity contribution in [3.05, 3.63) is 29.7 Å². The molecular weight excluding hydrogens is 454 g/mol. The van der Waals surface area contributed by atoms with E-state index in [1.165, 1.54) is 25.7 Å². The van der Waals surface area contributed by atoms with Crippen LogP contribution in [0.1, 0.15) is 50.5 Å². The largest absolute Gasteiger partial charge is 0.493 e. The maximum absolute atomic E-state index is 12.6. The van der Waals surface area contributed by atoms with Crippen LogP contribution in [0.3, 0.4) is 0 Å². The lowest BCUT2D eigenvalue weighted by Gasteiger charge is -2.35. The summed E-state index contributed by atoms with van der Waals surface area (Å²) < 4.78 is 29.0. The Hall–Kier alpha value is -2.39. The van der Waals surface area contributed by atoms with Gasteiger partial charge in [-0.15, -0.1) is 0 Å². The van der Waals surface area contributed by atoms with Crippen LogP contribution in [0.25, 0.3) is 11.5 Å². The van der Waals surface area contributed by atoms with Crippen molar-refractivity contribution < 1.29 is 22.9 Å². The number of ether oxygens (including phenoxy) is 2. The third kappa shape index (κ3) is 7.06. The molecule has 0 unspecified atom stereocenters. The molecule has 1 amide bonds. The van der Waals surface area contributed by atoms with Crippen LogP contribution < -0.4 is 14.8 Å². The number of nitrogens with one attached hydrogen (secondary N) is 1. The molecule has 2 aromatic rings. The highest BCUT2D eigenvalue weighted by molar-refractivity contribution is 7.84. The first kappa shape index (κ1) is 26.2. The lowest BCUT2D eigenvalue weighted by atomic mass is 10.00. The van der Waals surface area contributed by atoms with Gasteiger partial charge < -0.3 is 24.1 Å². The molecule has 0 spiro atoms. The average molecular weight is 492 g/mol. The fourth-order valence-corrected chi connectivity index (χ4v) is 5.45. The number of likely N-dealkylation sites (tertiary alicyclic amines) is 1. The third-order valence-electron chi connectivity index (χ3n) is 6.28. The lowest BCUT2D eigenvalue weighted by molar-refractivity contribution is -0.118. The van der Waals surface area contributed by atoms with Gasteiger partial charge in [0.2, 0.25) is 11.8 Å². The van der Waals surface area contributed by atoms with Crippen molar-refractivity contribution in [1.29, 1.82) is 0 Å². The number of piperidine rings is 1. The fraction of sp³-hybridized carbons (Fsp3) is 0.600. The van der Waals surface area contributed by atoms with E-state index in [0.29, 0.717) is 41.4 Å². The Morgan fingerprint density at radius 2 is 2.06 bits per heavy atom. The van der Waals surface area contributed by atoms with Gasteiger partial charge >= 0.3 is 0 Å². The van der Waals surface area contributed by atoms with Crippen molar-refractivity contribution in [2.45, 2.75) is 57.7 Å². The van der Waals surface area contributed by atoms with E-state index in [-0.39, 0.29) is 17.4 Å². The number of aromatic nitrogens is 1. The predicted octanol–water partition coefficient (Wildman–Crippen LogP) is 3.69. The van der Waals surface area contributed by atoms with Crippen LogP contribution in [0.15, 0.2) is 22.6 Å². The number of aryl methyl sites for hydroxylation is 1. The number of rotatable bonds is 12. The lowest BCUT2D eigenvalue weighted by Crippen LogP contribution is -2.40. The molecule has 1 aromatic carbocycles. The Morgan fingerprint density at radius 3 is 2.79 bits per heavy atom. The quantitative estimate of drug-likeness (QED) is 0.453. The van der Waals surface area contributed by atoms with E-state index in [1.54, 1.807) is 33.3 Å². The highest BCUT2D eigenvalue weighted by Gasteiger charge is 2.20. The molecule has 3 rings (SSSR count). The molecule has 1 N–H and O–H groups in total. The van der Waals surface area contributed by atoms with E-state index in [9.17, 15) is 9.00 Å². The topological polar surface area (TPSA) is 93.9 Å². The van der Waals surface area contributed by atoms with Crippen LogP contribution in [0, 0.1) is 6.92 Å². The van der Waals surface area contributed by atoms with Crippen LogP contribution in [-0.4, -0.2) is 65.6 Å². The zero-order chi connectivity index (χ0) is 24.5. The number of carbonyl (C=O) groups is 1. The molecule has 0 bridgehead atoms. The Bertz CT molecular complexity index is 977. The van der Waals surface area contributed by atoms with Gasteiger partial charge in [0.15, 0.2) is 11.5 Å². The average Bonchev–Trinajstić information content (AvgIpc) is 3.21. The summed E-state index contributed by atoms with van der Waals surface area (Å²) in [5, 5.41) is 2.91. The molecule has 1 saturated heterocycles. The minimum absolute atomic E-state index is 0.0424. The summed E-state index contributed by atoms with van der Waals surface area (Å²) in [4.78, 5) is 19.3. The van der Waals surface area contributed by atoms with Gasteiger partial charge in [-0.25, -0.2) is 4.98 Å². The zero-order valence-electron chi connectivity index (χ0n) is 20.7. The van der Waals surface area contributed by atoms with Gasteiger partial charge in [-0.1, -0.05) is 13.3 Å². The number of nitrogens with zero attached hydrogens (tertiary/aromatic N) is 2. The smallest absolute Gasteiger partial charge is 0.232 e. The standard InChI is InChI=1S/C25H37N3O5S/c1-5-20-9-6-7-13-28(20)14-8-12-26-24(29)17-34(30)16-21-18(2)33-25(27-21)19-10-11-22(31-3)23(15-19)32-4/h10-11,15,20H,5-9,12-14,16-17H2,1-4H3,(H,26,29)/t20-,34-/m0/s1. The van der Waals surface area contributed by atoms with E-state index >= 15 is 0 Å². The normalized spacial score (nSPS) is 17.4. The van der Waals surface area contributed by atoms with Crippen molar-refractivity contribution in [1.82, 2.24) is 15.2 Å². The van der Waals surface area contributed by atoms with Crippen LogP contribution in [0.5, 0.6) is 11.5 Å². The summed E-state index contributed by atoms with van der Waals surface area (Å²) >= 11 is 0. The number of carbonyl (C=O) groups excluding carboxylic acids is 1. The predicted molar refractivity (Wildman–Crippen MR) is 134 cm³/mol. The Morgan fingerprint density at radius 1 is 1.26 bits per heavy atom. The second-order valence-corrected chi connectivity index (χ2v) is 10.1. The molecule has 9 heteroatoms. The first-order valence-electron chi connectivity index (χ1n) is 12.0. The first-order valence-corrected chi connectivity index (χ1v) is 13.5. The molecule has 0 aliphatic carbocycles. The van der Waals surface area contributed by atoms with E-state index < -0.39 is 10.8 Å². The maximum atomic E-state index is 12.6. The molecule has 1 aliphatic rings. The van der Waals surface area contributed by atoms with E-state index in [1.807, 2.05) is 6.07 Å². The summed E-state index contributed by atoms with van der Waals surface area (Å²) in [6.07, 6.45) is 5.94. The second-order valence-electron chi connectivity index (χ2n) is 8.62. The first-order chi connectivity index (χ1) is 16.4. The molecule has 1 fully saturated rings.